The average molecular weight is 229 g/mol. The molecule has 0 bridgehead atoms. The number of hydrogen-bond acceptors (Lipinski definition) is 4. The van der Waals surface area contributed by atoms with Gasteiger partial charge in [-0.1, -0.05) is 17.6 Å². The highest BCUT2D eigenvalue weighted by Gasteiger charge is 2.05. The van der Waals surface area contributed by atoms with E-state index in [1.54, 1.807) is 24.5 Å². The van der Waals surface area contributed by atoms with Crippen molar-refractivity contribution in [3.05, 3.63) is 47.0 Å². The van der Waals surface area contributed by atoms with Crippen LogP contribution >= 0.6 is 11.5 Å². The number of hydrogen-bond donors (Lipinski definition) is 1. The number of aromatic nitrogens is 3. The van der Waals surface area contributed by atoms with Crippen molar-refractivity contribution in [1.29, 1.82) is 0 Å². The minimum absolute atomic E-state index is 0.0412. The van der Waals surface area contributed by atoms with E-state index in [9.17, 15) is 4.79 Å². The molecule has 2 heterocycles. The molecule has 0 radical (unpaired) electrons. The van der Waals surface area contributed by atoms with Gasteiger partial charge in [-0.2, -0.15) is 0 Å². The van der Waals surface area contributed by atoms with Gasteiger partial charge in [0.2, 0.25) is 0 Å². The standard InChI is InChI=1S/C11H7N3OS/c15-11-8-3-2-7(6-9(8)16-14-11)10-12-4-1-5-13-10/h1-6H,(H,14,15). The second-order valence-electron chi connectivity index (χ2n) is 3.32. The van der Waals surface area contributed by atoms with Gasteiger partial charge in [0, 0.05) is 18.0 Å². The topological polar surface area (TPSA) is 58.6 Å². The fraction of sp³-hybridized carbons (Fsp3) is 0. The number of rotatable bonds is 1. The van der Waals surface area contributed by atoms with Crippen LogP contribution in [-0.2, 0) is 0 Å². The summed E-state index contributed by atoms with van der Waals surface area (Å²) < 4.78 is 3.63. The van der Waals surface area contributed by atoms with Crippen molar-refractivity contribution in [2.45, 2.75) is 0 Å². The molecular formula is C11H7N3OS. The van der Waals surface area contributed by atoms with Crippen LogP contribution < -0.4 is 5.56 Å². The minimum Gasteiger partial charge on any atom is -0.277 e. The van der Waals surface area contributed by atoms with Crippen LogP contribution in [0, 0.1) is 0 Å². The Bertz CT molecular complexity index is 687. The molecule has 0 aliphatic carbocycles. The molecule has 4 nitrogen and oxygen atoms in total. The molecule has 0 saturated heterocycles. The highest BCUT2D eigenvalue weighted by Crippen LogP contribution is 2.21. The van der Waals surface area contributed by atoms with Crippen LogP contribution in [0.15, 0.2) is 41.5 Å². The molecule has 3 aromatic rings. The second kappa shape index (κ2) is 3.53. The summed E-state index contributed by atoms with van der Waals surface area (Å²) >= 11 is 1.33. The van der Waals surface area contributed by atoms with E-state index in [1.165, 1.54) is 11.5 Å². The van der Waals surface area contributed by atoms with Crippen LogP contribution in [0.5, 0.6) is 0 Å². The van der Waals surface area contributed by atoms with Gasteiger partial charge in [-0.15, -0.1) is 0 Å². The summed E-state index contributed by atoms with van der Waals surface area (Å²) in [6, 6.07) is 7.36. The molecule has 5 heteroatoms. The molecule has 2 aromatic heterocycles. The number of fused-ring (bicyclic) bond motifs is 1. The van der Waals surface area contributed by atoms with Gasteiger partial charge in [-0.05, 0) is 18.2 Å². The van der Waals surface area contributed by atoms with E-state index in [2.05, 4.69) is 14.3 Å². The Labute approximate surface area is 94.8 Å². The Hall–Kier alpha value is -2.01. The molecule has 16 heavy (non-hydrogen) atoms. The van der Waals surface area contributed by atoms with E-state index in [1.807, 2.05) is 12.1 Å². The summed E-state index contributed by atoms with van der Waals surface area (Å²) in [5.41, 5.74) is 0.879. The molecule has 0 spiro atoms. The monoisotopic (exact) mass is 229 g/mol. The quantitative estimate of drug-likeness (QED) is 0.694. The zero-order chi connectivity index (χ0) is 11.0. The lowest BCUT2D eigenvalue weighted by Gasteiger charge is -1.97. The van der Waals surface area contributed by atoms with E-state index in [-0.39, 0.29) is 5.56 Å². The lowest BCUT2D eigenvalue weighted by atomic mass is 10.2. The van der Waals surface area contributed by atoms with Crippen molar-refractivity contribution < 1.29 is 0 Å². The number of nitrogens with zero attached hydrogens (tertiary/aromatic N) is 2. The molecule has 0 aliphatic rings. The maximum atomic E-state index is 11.4. The van der Waals surface area contributed by atoms with Gasteiger partial charge in [-0.3, -0.25) is 9.17 Å². The largest absolute Gasteiger partial charge is 0.277 e. The molecule has 0 aliphatic heterocycles. The van der Waals surface area contributed by atoms with E-state index in [0.717, 1.165) is 10.3 Å². The Balaban J connectivity index is 2.23. The zero-order valence-corrected chi connectivity index (χ0v) is 8.99. The van der Waals surface area contributed by atoms with Gasteiger partial charge in [0.15, 0.2) is 5.82 Å². The summed E-state index contributed by atoms with van der Waals surface area (Å²) in [6.45, 7) is 0. The highest BCUT2D eigenvalue weighted by molar-refractivity contribution is 7.13. The second-order valence-corrected chi connectivity index (χ2v) is 4.16. The molecule has 0 fully saturated rings. The maximum absolute atomic E-state index is 11.4. The highest BCUT2D eigenvalue weighted by atomic mass is 32.1. The van der Waals surface area contributed by atoms with E-state index in [4.69, 9.17) is 0 Å². The van der Waals surface area contributed by atoms with Gasteiger partial charge < -0.3 is 0 Å². The summed E-state index contributed by atoms with van der Waals surface area (Å²) in [5.74, 6) is 0.672. The molecule has 0 unspecified atom stereocenters. The minimum atomic E-state index is -0.0412. The number of benzene rings is 1. The molecule has 78 valence electrons. The van der Waals surface area contributed by atoms with Gasteiger partial charge in [-0.25, -0.2) is 9.97 Å². The predicted molar refractivity (Wildman–Crippen MR) is 63.5 cm³/mol. The molecule has 0 saturated carbocycles. The molecular weight excluding hydrogens is 222 g/mol. The average Bonchev–Trinajstić information content (AvgIpc) is 2.72. The van der Waals surface area contributed by atoms with Crippen molar-refractivity contribution in [1.82, 2.24) is 14.3 Å². The van der Waals surface area contributed by atoms with Gasteiger partial charge >= 0.3 is 0 Å². The zero-order valence-electron chi connectivity index (χ0n) is 8.18. The number of H-pyrrole nitrogens is 1. The van der Waals surface area contributed by atoms with Gasteiger partial charge in [0.1, 0.15) is 0 Å². The molecule has 1 aromatic carbocycles. The first kappa shape index (κ1) is 9.23. The smallest absolute Gasteiger partial charge is 0.265 e. The summed E-state index contributed by atoms with van der Waals surface area (Å²) in [5, 5.41) is 0.713. The number of nitrogens with one attached hydrogen (secondary N) is 1. The normalized spacial score (nSPS) is 10.8. The van der Waals surface area contributed by atoms with Crippen molar-refractivity contribution in [2.75, 3.05) is 0 Å². The predicted octanol–water partition coefficient (Wildman–Crippen LogP) is 2.05. The Kier molecular flexibility index (Phi) is 2.04. The van der Waals surface area contributed by atoms with Crippen LogP contribution in [0.4, 0.5) is 0 Å². The fourth-order valence-corrected chi connectivity index (χ4v) is 2.31. The molecule has 0 amide bonds. The molecule has 1 N–H and O–H groups in total. The Morgan fingerprint density at radius 2 is 2.00 bits per heavy atom. The Morgan fingerprint density at radius 1 is 1.19 bits per heavy atom. The lowest BCUT2D eigenvalue weighted by Crippen LogP contribution is -1.95. The van der Waals surface area contributed by atoms with E-state index < -0.39 is 0 Å². The Morgan fingerprint density at radius 3 is 2.81 bits per heavy atom. The van der Waals surface area contributed by atoms with Gasteiger partial charge in [0.25, 0.3) is 5.56 Å². The molecule has 3 rings (SSSR count). The van der Waals surface area contributed by atoms with Crippen LogP contribution in [0.3, 0.4) is 0 Å². The van der Waals surface area contributed by atoms with Crippen molar-refractivity contribution in [2.24, 2.45) is 0 Å². The SMILES string of the molecule is O=c1[nH]sc2cc(-c3ncccn3)ccc12. The van der Waals surface area contributed by atoms with Gasteiger partial charge in [0.05, 0.1) is 10.1 Å². The van der Waals surface area contributed by atoms with E-state index >= 15 is 0 Å². The van der Waals surface area contributed by atoms with Crippen LogP contribution in [0.1, 0.15) is 0 Å². The first-order valence-corrected chi connectivity index (χ1v) is 5.55. The summed E-state index contributed by atoms with van der Waals surface area (Å²) in [7, 11) is 0. The summed E-state index contributed by atoms with van der Waals surface area (Å²) in [4.78, 5) is 19.7. The van der Waals surface area contributed by atoms with Crippen LogP contribution in [-0.4, -0.2) is 14.3 Å². The van der Waals surface area contributed by atoms with Crippen molar-refractivity contribution >= 4 is 21.6 Å². The lowest BCUT2D eigenvalue weighted by molar-refractivity contribution is 1.18. The number of aromatic amines is 1. The third kappa shape index (κ3) is 1.42. The fourth-order valence-electron chi connectivity index (χ4n) is 1.54. The molecule has 0 atom stereocenters. The van der Waals surface area contributed by atoms with Crippen LogP contribution in [0.2, 0.25) is 0 Å². The van der Waals surface area contributed by atoms with E-state index in [0.29, 0.717) is 11.2 Å². The van der Waals surface area contributed by atoms with Crippen molar-refractivity contribution in [3.63, 3.8) is 0 Å². The third-order valence-corrected chi connectivity index (χ3v) is 3.15. The first-order chi connectivity index (χ1) is 7.84. The third-order valence-electron chi connectivity index (χ3n) is 2.30. The maximum Gasteiger partial charge on any atom is 0.265 e. The summed E-state index contributed by atoms with van der Waals surface area (Å²) in [6.07, 6.45) is 3.40. The van der Waals surface area contributed by atoms with Crippen molar-refractivity contribution in [3.8, 4) is 11.4 Å². The first-order valence-electron chi connectivity index (χ1n) is 4.73. The van der Waals surface area contributed by atoms with Crippen LogP contribution in [0.25, 0.3) is 21.5 Å².